The number of nitrogens with two attached hydrogens (primary N) is 1. The third kappa shape index (κ3) is 3.55. The van der Waals surface area contributed by atoms with Crippen molar-refractivity contribution in [3.05, 3.63) is 0 Å². The van der Waals surface area contributed by atoms with Crippen LogP contribution in [-0.2, 0) is 9.53 Å². The number of carbonyl (C=O) groups is 3. The van der Waals surface area contributed by atoms with Crippen molar-refractivity contribution < 1.29 is 24.2 Å². The summed E-state index contributed by atoms with van der Waals surface area (Å²) in [5.74, 6) is 1.02. The van der Waals surface area contributed by atoms with Gasteiger partial charge in [0.1, 0.15) is 5.60 Å². The molecule has 5 aliphatic rings. The second kappa shape index (κ2) is 6.77. The first-order valence-corrected chi connectivity index (χ1v) is 10.8. The number of amides is 3. The van der Waals surface area contributed by atoms with Crippen LogP contribution >= 0.6 is 0 Å². The zero-order valence-electron chi connectivity index (χ0n) is 17.5. The molecule has 29 heavy (non-hydrogen) atoms. The highest BCUT2D eigenvalue weighted by atomic mass is 16.6. The average Bonchev–Trinajstić information content (AvgIpc) is 2.95. The quantitative estimate of drug-likeness (QED) is 0.664. The smallest absolute Gasteiger partial charge is 0.407 e. The molecule has 4 N–H and O–H groups in total. The molecule has 0 aromatic rings. The van der Waals surface area contributed by atoms with Crippen molar-refractivity contribution in [2.45, 2.75) is 77.0 Å². The second-order valence-corrected chi connectivity index (χ2v) is 10.7. The van der Waals surface area contributed by atoms with Crippen LogP contribution in [0.4, 0.5) is 9.59 Å². The molecule has 1 saturated heterocycles. The first-order valence-electron chi connectivity index (χ1n) is 10.8. The Morgan fingerprint density at radius 2 is 1.76 bits per heavy atom. The van der Waals surface area contributed by atoms with E-state index in [0.29, 0.717) is 18.9 Å². The van der Waals surface area contributed by atoms with Crippen molar-refractivity contribution in [3.63, 3.8) is 0 Å². The highest BCUT2D eigenvalue weighted by Gasteiger charge is 2.61. The summed E-state index contributed by atoms with van der Waals surface area (Å²) in [6, 6.07) is -0.548. The standard InChI is InChI=1S/C21H33N3O5/c1-20(2,3)29-18(26)23-14-4-5-24(19(27)28)16(14)15-12-6-11-7-13(15)10-21(8-11,9-12)17(22)25/h11-16H,4-10H2,1-3H3,(H2,22,25)(H,23,26)(H,27,28)/t11?,12-,13?,14?,15?,16?,21?/m0/s1. The molecule has 0 aromatic carbocycles. The van der Waals surface area contributed by atoms with Crippen LogP contribution in [0.1, 0.15) is 59.3 Å². The van der Waals surface area contributed by atoms with E-state index in [9.17, 15) is 19.5 Å². The second-order valence-electron chi connectivity index (χ2n) is 10.7. The van der Waals surface area contributed by atoms with Gasteiger partial charge in [-0.1, -0.05) is 0 Å². The molecular weight excluding hydrogens is 374 g/mol. The summed E-state index contributed by atoms with van der Waals surface area (Å²) in [6.07, 6.45) is 3.58. The molecule has 4 aliphatic carbocycles. The van der Waals surface area contributed by atoms with Gasteiger partial charge in [-0.05, 0) is 83.0 Å². The van der Waals surface area contributed by atoms with Crippen LogP contribution < -0.4 is 11.1 Å². The molecule has 6 unspecified atom stereocenters. The summed E-state index contributed by atoms with van der Waals surface area (Å²) in [5, 5.41) is 12.8. The SMILES string of the molecule is CC(C)(C)OC(=O)NC1CCN(C(=O)O)C1C1C2CC3C[C@H]1CC(C(N)=O)(C3)C2. The van der Waals surface area contributed by atoms with Gasteiger partial charge < -0.3 is 25.8 Å². The Labute approximate surface area is 171 Å². The molecule has 1 heterocycles. The van der Waals surface area contributed by atoms with Gasteiger partial charge in [0.2, 0.25) is 5.91 Å². The Morgan fingerprint density at radius 3 is 2.28 bits per heavy atom. The fraction of sp³-hybridized carbons (Fsp3) is 0.857. The van der Waals surface area contributed by atoms with Crippen molar-refractivity contribution in [1.82, 2.24) is 10.2 Å². The van der Waals surface area contributed by atoms with Gasteiger partial charge >= 0.3 is 12.2 Å². The molecule has 8 nitrogen and oxygen atoms in total. The first kappa shape index (κ1) is 20.3. The molecule has 1 aliphatic heterocycles. The van der Waals surface area contributed by atoms with Gasteiger partial charge in [0.15, 0.2) is 0 Å². The topological polar surface area (TPSA) is 122 Å². The van der Waals surface area contributed by atoms with Crippen molar-refractivity contribution >= 4 is 18.1 Å². The zero-order valence-corrected chi connectivity index (χ0v) is 17.5. The van der Waals surface area contributed by atoms with E-state index in [-0.39, 0.29) is 35.7 Å². The van der Waals surface area contributed by atoms with Gasteiger partial charge in [0.25, 0.3) is 0 Å². The Kier molecular flexibility index (Phi) is 4.74. The Bertz CT molecular complexity index is 702. The van der Waals surface area contributed by atoms with Crippen LogP contribution in [0, 0.1) is 29.1 Å². The lowest BCUT2D eigenvalue weighted by Crippen LogP contribution is -2.62. The van der Waals surface area contributed by atoms with Crippen molar-refractivity contribution in [3.8, 4) is 0 Å². The van der Waals surface area contributed by atoms with Crippen molar-refractivity contribution in [2.24, 2.45) is 34.8 Å². The largest absolute Gasteiger partial charge is 0.465 e. The van der Waals surface area contributed by atoms with E-state index < -0.39 is 23.2 Å². The average molecular weight is 408 g/mol. The van der Waals surface area contributed by atoms with E-state index >= 15 is 0 Å². The number of likely N-dealkylation sites (tertiary alicyclic amines) is 1. The molecule has 4 bridgehead atoms. The molecule has 7 atom stereocenters. The van der Waals surface area contributed by atoms with Gasteiger partial charge in [0, 0.05) is 12.0 Å². The first-order chi connectivity index (χ1) is 13.5. The number of carboxylic acid groups (broad SMARTS) is 1. The van der Waals surface area contributed by atoms with Gasteiger partial charge in [-0.15, -0.1) is 0 Å². The van der Waals surface area contributed by atoms with Crippen molar-refractivity contribution in [1.29, 1.82) is 0 Å². The van der Waals surface area contributed by atoms with Crippen molar-refractivity contribution in [2.75, 3.05) is 6.54 Å². The molecule has 4 saturated carbocycles. The summed E-state index contributed by atoms with van der Waals surface area (Å²) in [5.41, 5.74) is 4.78. The third-order valence-electron chi connectivity index (χ3n) is 7.66. The number of nitrogens with one attached hydrogen (secondary N) is 1. The minimum atomic E-state index is -0.943. The predicted octanol–water partition coefficient (Wildman–Crippen LogP) is 2.56. The maximum atomic E-state index is 12.4. The van der Waals surface area contributed by atoms with E-state index in [2.05, 4.69) is 5.32 Å². The Hall–Kier alpha value is -1.99. The van der Waals surface area contributed by atoms with E-state index in [4.69, 9.17) is 10.5 Å². The summed E-state index contributed by atoms with van der Waals surface area (Å²) in [7, 11) is 0. The van der Waals surface area contributed by atoms with Gasteiger partial charge in [-0.3, -0.25) is 4.79 Å². The molecule has 0 aromatic heterocycles. The zero-order chi connectivity index (χ0) is 21.1. The number of rotatable bonds is 3. The minimum Gasteiger partial charge on any atom is -0.465 e. The maximum Gasteiger partial charge on any atom is 0.407 e. The number of carbonyl (C=O) groups excluding carboxylic acids is 2. The van der Waals surface area contributed by atoms with Crippen LogP contribution in [0.2, 0.25) is 0 Å². The van der Waals surface area contributed by atoms with Crippen LogP contribution in [0.5, 0.6) is 0 Å². The number of hydrogen-bond donors (Lipinski definition) is 3. The lowest BCUT2D eigenvalue weighted by Gasteiger charge is -2.61. The number of primary amides is 1. The minimum absolute atomic E-state index is 0.151. The van der Waals surface area contributed by atoms with E-state index in [1.54, 1.807) is 0 Å². The molecule has 5 rings (SSSR count). The Balaban J connectivity index is 1.58. The normalized spacial score (nSPS) is 40.7. The predicted molar refractivity (Wildman–Crippen MR) is 105 cm³/mol. The lowest BCUT2D eigenvalue weighted by molar-refractivity contribution is -0.154. The van der Waals surface area contributed by atoms with E-state index in [1.165, 1.54) is 4.90 Å². The van der Waals surface area contributed by atoms with Crippen LogP contribution in [0.15, 0.2) is 0 Å². The molecule has 0 spiro atoms. The maximum absolute atomic E-state index is 12.4. The van der Waals surface area contributed by atoms with Gasteiger partial charge in [-0.2, -0.15) is 0 Å². The lowest BCUT2D eigenvalue weighted by atomic mass is 9.44. The van der Waals surface area contributed by atoms with Gasteiger partial charge in [0.05, 0.1) is 12.1 Å². The van der Waals surface area contributed by atoms with E-state index in [1.807, 2.05) is 20.8 Å². The van der Waals surface area contributed by atoms with E-state index in [0.717, 1.165) is 32.1 Å². The Morgan fingerprint density at radius 1 is 1.14 bits per heavy atom. The highest BCUT2D eigenvalue weighted by Crippen LogP contribution is 2.63. The number of ether oxygens (including phenoxy) is 1. The van der Waals surface area contributed by atoms with Crippen LogP contribution in [-0.4, -0.2) is 52.3 Å². The van der Waals surface area contributed by atoms with Gasteiger partial charge in [-0.25, -0.2) is 9.59 Å². The van der Waals surface area contributed by atoms with Crippen LogP contribution in [0.25, 0.3) is 0 Å². The molecule has 8 heteroatoms. The fourth-order valence-electron chi connectivity index (χ4n) is 7.05. The van der Waals surface area contributed by atoms with Crippen LogP contribution in [0.3, 0.4) is 0 Å². The summed E-state index contributed by atoms with van der Waals surface area (Å²) < 4.78 is 5.42. The summed E-state index contributed by atoms with van der Waals surface area (Å²) in [6.45, 7) is 5.83. The summed E-state index contributed by atoms with van der Waals surface area (Å²) in [4.78, 5) is 38.1. The molecule has 3 amide bonds. The monoisotopic (exact) mass is 407 g/mol. The number of hydrogen-bond acceptors (Lipinski definition) is 4. The highest BCUT2D eigenvalue weighted by molar-refractivity contribution is 5.81. The molecule has 5 fully saturated rings. The molecular formula is C21H33N3O5. The third-order valence-corrected chi connectivity index (χ3v) is 7.66. The number of alkyl carbamates (subject to hydrolysis) is 1. The molecule has 0 radical (unpaired) electrons. The summed E-state index contributed by atoms with van der Waals surface area (Å²) >= 11 is 0. The molecule has 162 valence electrons. The number of nitrogens with zero attached hydrogens (tertiary/aromatic N) is 1. The fourth-order valence-corrected chi connectivity index (χ4v) is 7.05.